The molecule has 0 aliphatic carbocycles. The highest BCUT2D eigenvalue weighted by atomic mass is 32.1. The van der Waals surface area contributed by atoms with E-state index in [1.54, 1.807) is 6.08 Å². The fourth-order valence-corrected chi connectivity index (χ4v) is 1.99. The fraction of sp³-hybridized carbons (Fsp3) is 0.600. The molecule has 0 fully saturated rings. The monoisotopic (exact) mass is 227 g/mol. The van der Waals surface area contributed by atoms with Gasteiger partial charge in [0.2, 0.25) is 5.13 Å². The molecule has 0 spiro atoms. The first-order valence-electron chi connectivity index (χ1n) is 5.11. The molecule has 1 N–H and O–H groups in total. The molecule has 0 aromatic carbocycles. The van der Waals surface area contributed by atoms with Crippen LogP contribution in [0.25, 0.3) is 0 Å². The molecule has 4 nitrogen and oxygen atoms in total. The van der Waals surface area contributed by atoms with Crippen LogP contribution < -0.4 is 4.90 Å². The minimum Gasteiger partial charge on any atom is -0.395 e. The zero-order valence-corrected chi connectivity index (χ0v) is 9.83. The first kappa shape index (κ1) is 12.1. The Balaban J connectivity index is 2.67. The van der Waals surface area contributed by atoms with Gasteiger partial charge in [-0.15, -0.1) is 6.58 Å². The van der Waals surface area contributed by atoms with Gasteiger partial charge in [0.25, 0.3) is 0 Å². The zero-order valence-electron chi connectivity index (χ0n) is 9.02. The topological polar surface area (TPSA) is 49.2 Å². The normalized spacial score (nSPS) is 10.3. The Morgan fingerprint density at radius 2 is 2.40 bits per heavy atom. The van der Waals surface area contributed by atoms with Crippen molar-refractivity contribution in [3.05, 3.63) is 18.5 Å². The van der Waals surface area contributed by atoms with Crippen LogP contribution in [0, 0.1) is 0 Å². The van der Waals surface area contributed by atoms with Crippen molar-refractivity contribution in [1.82, 2.24) is 9.36 Å². The molecule has 0 aliphatic rings. The third-order valence-electron chi connectivity index (χ3n) is 1.92. The predicted octanol–water partition coefficient (Wildman–Crippen LogP) is 1.48. The van der Waals surface area contributed by atoms with Crippen molar-refractivity contribution >= 4 is 16.7 Å². The molecule has 0 bridgehead atoms. The summed E-state index contributed by atoms with van der Waals surface area (Å²) in [5, 5.41) is 9.78. The second-order valence-electron chi connectivity index (χ2n) is 3.20. The van der Waals surface area contributed by atoms with Crippen molar-refractivity contribution in [2.45, 2.75) is 19.8 Å². The number of aliphatic hydroxyl groups is 1. The van der Waals surface area contributed by atoms with Gasteiger partial charge in [0.15, 0.2) is 0 Å². The summed E-state index contributed by atoms with van der Waals surface area (Å²) in [7, 11) is 0. The Morgan fingerprint density at radius 1 is 1.60 bits per heavy atom. The summed E-state index contributed by atoms with van der Waals surface area (Å²) in [6.45, 7) is 7.19. The molecular formula is C10H17N3OS. The molecule has 0 atom stereocenters. The van der Waals surface area contributed by atoms with Gasteiger partial charge in [-0.05, 0) is 6.42 Å². The maximum Gasteiger partial charge on any atom is 0.205 e. The first-order chi connectivity index (χ1) is 7.31. The third-order valence-corrected chi connectivity index (χ3v) is 2.74. The summed E-state index contributed by atoms with van der Waals surface area (Å²) in [6.07, 6.45) is 3.77. The van der Waals surface area contributed by atoms with E-state index in [2.05, 4.69) is 22.9 Å². The lowest BCUT2D eigenvalue weighted by atomic mass is 10.3. The number of aromatic nitrogens is 2. The number of anilines is 1. The van der Waals surface area contributed by atoms with E-state index in [0.717, 1.165) is 23.8 Å². The summed E-state index contributed by atoms with van der Waals surface area (Å²) in [6, 6.07) is 0. The Kier molecular flexibility index (Phi) is 5.28. The van der Waals surface area contributed by atoms with Crippen LogP contribution in [0.15, 0.2) is 12.7 Å². The lowest BCUT2D eigenvalue weighted by molar-refractivity contribution is 0.303. The van der Waals surface area contributed by atoms with Gasteiger partial charge >= 0.3 is 0 Å². The van der Waals surface area contributed by atoms with Crippen LogP contribution in [-0.2, 0) is 6.42 Å². The molecule has 0 amide bonds. The molecule has 0 unspecified atom stereocenters. The SMILES string of the molecule is C=CCN(CCO)c1nc(CCC)ns1. The molecule has 0 radical (unpaired) electrons. The maximum absolute atomic E-state index is 8.92. The Hall–Kier alpha value is -0.940. The lowest BCUT2D eigenvalue weighted by Crippen LogP contribution is -2.26. The van der Waals surface area contributed by atoms with Crippen LogP contribution >= 0.6 is 11.5 Å². The first-order valence-corrected chi connectivity index (χ1v) is 5.88. The number of hydrogen-bond acceptors (Lipinski definition) is 5. The van der Waals surface area contributed by atoms with Crippen molar-refractivity contribution in [1.29, 1.82) is 0 Å². The van der Waals surface area contributed by atoms with Gasteiger partial charge in [-0.25, -0.2) is 4.98 Å². The van der Waals surface area contributed by atoms with Crippen molar-refractivity contribution in [2.75, 3.05) is 24.6 Å². The number of aliphatic hydroxyl groups excluding tert-OH is 1. The minimum atomic E-state index is 0.122. The lowest BCUT2D eigenvalue weighted by Gasteiger charge is -2.17. The Labute approximate surface area is 94.4 Å². The molecule has 84 valence electrons. The molecular weight excluding hydrogens is 210 g/mol. The molecule has 1 heterocycles. The quantitative estimate of drug-likeness (QED) is 0.717. The summed E-state index contributed by atoms with van der Waals surface area (Å²) in [4.78, 5) is 6.39. The van der Waals surface area contributed by atoms with Crippen molar-refractivity contribution < 1.29 is 5.11 Å². The van der Waals surface area contributed by atoms with E-state index in [1.165, 1.54) is 11.5 Å². The van der Waals surface area contributed by atoms with Gasteiger partial charge < -0.3 is 10.0 Å². The highest BCUT2D eigenvalue weighted by Gasteiger charge is 2.10. The molecule has 1 aromatic rings. The Morgan fingerprint density at radius 3 is 3.00 bits per heavy atom. The van der Waals surface area contributed by atoms with Crippen LogP contribution in [-0.4, -0.2) is 34.2 Å². The predicted molar refractivity (Wildman–Crippen MR) is 63.4 cm³/mol. The van der Waals surface area contributed by atoms with E-state index in [0.29, 0.717) is 13.1 Å². The Bertz CT molecular complexity index is 301. The van der Waals surface area contributed by atoms with Gasteiger partial charge in [-0.2, -0.15) is 4.37 Å². The summed E-state index contributed by atoms with van der Waals surface area (Å²) >= 11 is 1.38. The number of nitrogens with zero attached hydrogens (tertiary/aromatic N) is 3. The number of aryl methyl sites for hydroxylation is 1. The molecule has 5 heteroatoms. The molecule has 0 aliphatic heterocycles. The van der Waals surface area contributed by atoms with E-state index >= 15 is 0 Å². The molecule has 1 rings (SSSR count). The highest BCUT2D eigenvalue weighted by Crippen LogP contribution is 2.17. The van der Waals surface area contributed by atoms with Crippen LogP contribution in [0.1, 0.15) is 19.2 Å². The fourth-order valence-electron chi connectivity index (χ4n) is 1.24. The summed E-state index contributed by atoms with van der Waals surface area (Å²) in [5.74, 6) is 0.893. The standard InChI is InChI=1S/C10H17N3OS/c1-3-5-9-11-10(15-12-9)13(6-4-2)7-8-14/h4,14H,2-3,5-8H2,1H3. The van der Waals surface area contributed by atoms with Gasteiger partial charge in [-0.3, -0.25) is 0 Å². The van der Waals surface area contributed by atoms with Crippen LogP contribution in [0.4, 0.5) is 5.13 Å². The van der Waals surface area contributed by atoms with E-state index in [4.69, 9.17) is 5.11 Å². The van der Waals surface area contributed by atoms with Gasteiger partial charge in [-0.1, -0.05) is 13.0 Å². The van der Waals surface area contributed by atoms with Crippen LogP contribution in [0.5, 0.6) is 0 Å². The van der Waals surface area contributed by atoms with E-state index < -0.39 is 0 Å². The second kappa shape index (κ2) is 6.53. The van der Waals surface area contributed by atoms with Gasteiger partial charge in [0.05, 0.1) is 6.61 Å². The van der Waals surface area contributed by atoms with Gasteiger partial charge in [0.1, 0.15) is 5.82 Å². The van der Waals surface area contributed by atoms with Crippen molar-refractivity contribution in [3.8, 4) is 0 Å². The van der Waals surface area contributed by atoms with E-state index in [9.17, 15) is 0 Å². The summed E-state index contributed by atoms with van der Waals surface area (Å²) in [5.41, 5.74) is 0. The molecule has 0 saturated carbocycles. The van der Waals surface area contributed by atoms with Crippen molar-refractivity contribution in [2.24, 2.45) is 0 Å². The summed E-state index contributed by atoms with van der Waals surface area (Å²) < 4.78 is 4.26. The third kappa shape index (κ3) is 3.60. The highest BCUT2D eigenvalue weighted by molar-refractivity contribution is 7.09. The number of hydrogen-bond donors (Lipinski definition) is 1. The largest absolute Gasteiger partial charge is 0.395 e. The molecule has 0 saturated heterocycles. The zero-order chi connectivity index (χ0) is 11.1. The molecule has 1 aromatic heterocycles. The molecule has 15 heavy (non-hydrogen) atoms. The van der Waals surface area contributed by atoms with Crippen LogP contribution in [0.3, 0.4) is 0 Å². The van der Waals surface area contributed by atoms with E-state index in [-0.39, 0.29) is 6.61 Å². The number of rotatable bonds is 7. The average molecular weight is 227 g/mol. The maximum atomic E-state index is 8.92. The minimum absolute atomic E-state index is 0.122. The second-order valence-corrected chi connectivity index (χ2v) is 3.93. The van der Waals surface area contributed by atoms with Crippen LogP contribution in [0.2, 0.25) is 0 Å². The average Bonchev–Trinajstić information content (AvgIpc) is 2.67. The van der Waals surface area contributed by atoms with Gasteiger partial charge in [0, 0.05) is 31.0 Å². The van der Waals surface area contributed by atoms with E-state index in [1.807, 2.05) is 4.90 Å². The smallest absolute Gasteiger partial charge is 0.205 e. The van der Waals surface area contributed by atoms with Crippen molar-refractivity contribution in [3.63, 3.8) is 0 Å².